The van der Waals surface area contributed by atoms with Gasteiger partial charge in [0.1, 0.15) is 5.75 Å². The molecule has 3 aromatic rings. The first-order valence-corrected chi connectivity index (χ1v) is 9.40. The number of phenolic OH excluding ortho intramolecular Hbond substituents is 1. The molecule has 1 atom stereocenters. The molecule has 7 heteroatoms. The second-order valence-electron chi connectivity index (χ2n) is 5.60. The lowest BCUT2D eigenvalue weighted by atomic mass is 10.1. The summed E-state index contributed by atoms with van der Waals surface area (Å²) in [5, 5.41) is 20.9. The van der Waals surface area contributed by atoms with Gasteiger partial charge >= 0.3 is 0 Å². The summed E-state index contributed by atoms with van der Waals surface area (Å²) in [7, 11) is 0. The third kappa shape index (κ3) is 3.84. The molecule has 5 nitrogen and oxygen atoms in total. The van der Waals surface area contributed by atoms with E-state index in [0.717, 1.165) is 14.6 Å². The number of halogens is 1. The van der Waals surface area contributed by atoms with Gasteiger partial charge in [0.05, 0.1) is 22.2 Å². The van der Waals surface area contributed by atoms with Crippen LogP contribution in [0.4, 0.5) is 0 Å². The minimum absolute atomic E-state index is 0.0905. The van der Waals surface area contributed by atoms with Crippen molar-refractivity contribution in [3.8, 4) is 5.75 Å². The fourth-order valence-electron chi connectivity index (χ4n) is 2.59. The lowest BCUT2D eigenvalue weighted by Gasteiger charge is -2.23. The third-order valence-electron chi connectivity index (χ3n) is 3.93. The van der Waals surface area contributed by atoms with Crippen LogP contribution in [0.15, 0.2) is 47.2 Å². The molecule has 1 unspecified atom stereocenters. The van der Waals surface area contributed by atoms with E-state index in [-0.39, 0.29) is 18.2 Å². The molecule has 2 aromatic heterocycles. The lowest BCUT2D eigenvalue weighted by molar-refractivity contribution is 0.0639. The summed E-state index contributed by atoms with van der Waals surface area (Å²) in [5.74, 6) is -0.0393. The topological polar surface area (TPSA) is 73.7 Å². The number of aromatic hydroxyl groups is 1. The number of aliphatic hydroxyl groups is 1. The van der Waals surface area contributed by atoms with E-state index in [1.54, 1.807) is 35.5 Å². The van der Waals surface area contributed by atoms with Crippen LogP contribution in [0.25, 0.3) is 10.1 Å². The summed E-state index contributed by atoms with van der Waals surface area (Å²) in [6, 6.07) is 8.29. The summed E-state index contributed by atoms with van der Waals surface area (Å²) in [5.41, 5.74) is 0.578. The highest BCUT2D eigenvalue weighted by Crippen LogP contribution is 2.31. The first kappa shape index (κ1) is 17.8. The molecule has 2 heterocycles. The van der Waals surface area contributed by atoms with Crippen molar-refractivity contribution in [3.63, 3.8) is 0 Å². The number of likely N-dealkylation sites (N-methyl/N-ethyl adjacent to an activating group) is 1. The van der Waals surface area contributed by atoms with Crippen LogP contribution >= 0.6 is 27.3 Å². The molecule has 0 radical (unpaired) electrons. The van der Waals surface area contributed by atoms with Crippen molar-refractivity contribution in [2.75, 3.05) is 13.1 Å². The van der Waals surface area contributed by atoms with Crippen LogP contribution in [-0.4, -0.2) is 39.1 Å². The Kier molecular flexibility index (Phi) is 5.36. The number of phenols is 1. The van der Waals surface area contributed by atoms with Crippen molar-refractivity contribution in [2.24, 2.45) is 0 Å². The number of pyridine rings is 1. The van der Waals surface area contributed by atoms with Gasteiger partial charge in [0.2, 0.25) is 0 Å². The Morgan fingerprint density at radius 2 is 2.16 bits per heavy atom. The van der Waals surface area contributed by atoms with E-state index >= 15 is 0 Å². The Labute approximate surface area is 157 Å². The molecule has 0 saturated carbocycles. The van der Waals surface area contributed by atoms with Crippen LogP contribution in [0.3, 0.4) is 0 Å². The maximum atomic E-state index is 12.8. The lowest BCUT2D eigenvalue weighted by Crippen LogP contribution is -2.34. The van der Waals surface area contributed by atoms with Crippen LogP contribution in [0, 0.1) is 0 Å². The predicted molar refractivity (Wildman–Crippen MR) is 102 cm³/mol. The van der Waals surface area contributed by atoms with Gasteiger partial charge in [0, 0.05) is 28.8 Å². The van der Waals surface area contributed by atoms with Gasteiger partial charge in [-0.25, -0.2) is 0 Å². The number of thiophene rings is 1. The molecular weight excluding hydrogens is 404 g/mol. The zero-order valence-electron chi connectivity index (χ0n) is 13.5. The molecule has 0 aliphatic carbocycles. The van der Waals surface area contributed by atoms with Crippen LogP contribution in [-0.2, 0) is 0 Å². The van der Waals surface area contributed by atoms with Crippen molar-refractivity contribution >= 4 is 43.3 Å². The van der Waals surface area contributed by atoms with Crippen LogP contribution in [0.2, 0.25) is 0 Å². The number of fused-ring (bicyclic) bond motifs is 1. The average molecular weight is 421 g/mol. The predicted octanol–water partition coefficient (Wildman–Crippen LogP) is 3.96. The first-order chi connectivity index (χ1) is 12.0. The number of aromatic nitrogens is 1. The van der Waals surface area contributed by atoms with Gasteiger partial charge in [-0.15, -0.1) is 11.3 Å². The molecule has 25 heavy (non-hydrogen) atoms. The number of amides is 1. The SMILES string of the molecule is CCN(CC(O)c1cccc(O)c1)C(=O)c1cc2c(Br)cncc2s1. The molecule has 0 fully saturated rings. The minimum atomic E-state index is -0.862. The summed E-state index contributed by atoms with van der Waals surface area (Å²) in [6.07, 6.45) is 2.57. The van der Waals surface area contributed by atoms with Crippen molar-refractivity contribution in [1.82, 2.24) is 9.88 Å². The number of nitrogens with zero attached hydrogens (tertiary/aromatic N) is 2. The fourth-order valence-corrected chi connectivity index (χ4v) is 4.19. The first-order valence-electron chi connectivity index (χ1n) is 7.79. The number of rotatable bonds is 5. The molecule has 1 aromatic carbocycles. The highest BCUT2D eigenvalue weighted by Gasteiger charge is 2.21. The van der Waals surface area contributed by atoms with Crippen molar-refractivity contribution in [2.45, 2.75) is 13.0 Å². The van der Waals surface area contributed by atoms with Gasteiger partial charge in [-0.1, -0.05) is 12.1 Å². The van der Waals surface area contributed by atoms with E-state index < -0.39 is 6.10 Å². The van der Waals surface area contributed by atoms with Gasteiger partial charge < -0.3 is 15.1 Å². The van der Waals surface area contributed by atoms with Gasteiger partial charge in [-0.05, 0) is 46.6 Å². The number of hydrogen-bond acceptors (Lipinski definition) is 5. The van der Waals surface area contributed by atoms with E-state index in [2.05, 4.69) is 20.9 Å². The van der Waals surface area contributed by atoms with Crippen molar-refractivity contribution in [1.29, 1.82) is 0 Å². The number of hydrogen-bond donors (Lipinski definition) is 2. The quantitative estimate of drug-likeness (QED) is 0.654. The standard InChI is InChI=1S/C18H17BrN2O3S/c1-2-21(10-15(23)11-4-3-5-12(22)6-11)18(24)16-7-13-14(19)8-20-9-17(13)25-16/h3-9,15,22-23H,2,10H2,1H3. The molecule has 0 bridgehead atoms. The Bertz CT molecular complexity index is 912. The largest absolute Gasteiger partial charge is 0.508 e. The summed E-state index contributed by atoms with van der Waals surface area (Å²) in [4.78, 5) is 19.2. The van der Waals surface area contributed by atoms with Gasteiger partial charge in [-0.3, -0.25) is 9.78 Å². The maximum absolute atomic E-state index is 12.8. The van der Waals surface area contributed by atoms with Gasteiger partial charge in [-0.2, -0.15) is 0 Å². The normalized spacial score (nSPS) is 12.3. The third-order valence-corrected chi connectivity index (χ3v) is 5.62. The Balaban J connectivity index is 1.81. The van der Waals surface area contributed by atoms with Crippen LogP contribution < -0.4 is 0 Å². The van der Waals surface area contributed by atoms with Crippen LogP contribution in [0.1, 0.15) is 28.3 Å². The molecule has 3 rings (SSSR count). The maximum Gasteiger partial charge on any atom is 0.264 e. The monoisotopic (exact) mass is 420 g/mol. The summed E-state index contributed by atoms with van der Waals surface area (Å²) in [6.45, 7) is 2.51. The van der Waals surface area contributed by atoms with Gasteiger partial charge in [0.15, 0.2) is 0 Å². The number of carbonyl (C=O) groups excluding carboxylic acids is 1. The highest BCUT2D eigenvalue weighted by molar-refractivity contribution is 9.10. The molecule has 0 aliphatic heterocycles. The van der Waals surface area contributed by atoms with E-state index in [1.807, 2.05) is 13.0 Å². The molecule has 0 saturated heterocycles. The second-order valence-corrected chi connectivity index (χ2v) is 7.54. The average Bonchev–Trinajstić information content (AvgIpc) is 3.04. The number of benzene rings is 1. The smallest absolute Gasteiger partial charge is 0.264 e. The van der Waals surface area contributed by atoms with E-state index in [4.69, 9.17) is 0 Å². The van der Waals surface area contributed by atoms with E-state index in [0.29, 0.717) is 17.0 Å². The van der Waals surface area contributed by atoms with Gasteiger partial charge in [0.25, 0.3) is 5.91 Å². The summed E-state index contributed by atoms with van der Waals surface area (Å²) >= 11 is 4.83. The molecule has 1 amide bonds. The van der Waals surface area contributed by atoms with Crippen molar-refractivity contribution in [3.05, 3.63) is 57.6 Å². The van der Waals surface area contributed by atoms with Crippen LogP contribution in [0.5, 0.6) is 5.75 Å². The molecular formula is C18H17BrN2O3S. The molecule has 2 N–H and O–H groups in total. The Hall–Kier alpha value is -1.96. The summed E-state index contributed by atoms with van der Waals surface area (Å²) < 4.78 is 1.78. The number of aliphatic hydroxyl groups excluding tert-OH is 1. The minimum Gasteiger partial charge on any atom is -0.508 e. The molecule has 130 valence electrons. The zero-order valence-corrected chi connectivity index (χ0v) is 15.9. The molecule has 0 spiro atoms. The highest BCUT2D eigenvalue weighted by atomic mass is 79.9. The van der Waals surface area contributed by atoms with Crippen molar-refractivity contribution < 1.29 is 15.0 Å². The fraction of sp³-hybridized carbons (Fsp3) is 0.222. The number of carbonyl (C=O) groups is 1. The van der Waals surface area contributed by atoms with E-state index in [9.17, 15) is 15.0 Å². The van der Waals surface area contributed by atoms with E-state index in [1.165, 1.54) is 17.4 Å². The zero-order chi connectivity index (χ0) is 18.0. The molecule has 0 aliphatic rings. The second kappa shape index (κ2) is 7.51. The Morgan fingerprint density at radius 1 is 1.36 bits per heavy atom. The Morgan fingerprint density at radius 3 is 2.84 bits per heavy atom.